The second kappa shape index (κ2) is 11.6. The Morgan fingerprint density at radius 3 is 2.08 bits per heavy atom. The van der Waals surface area contributed by atoms with Gasteiger partial charge in [-0.05, 0) is 13.8 Å². The summed E-state index contributed by atoms with van der Waals surface area (Å²) in [6.45, 7) is 7.91. The Labute approximate surface area is 152 Å². The molecule has 0 bridgehead atoms. The molecule has 2 amide bonds. The molecule has 0 heterocycles. The van der Waals surface area contributed by atoms with E-state index in [1.165, 1.54) is 4.90 Å². The van der Waals surface area contributed by atoms with Gasteiger partial charge < -0.3 is 15.0 Å². The standard InChI is InChI=1S/C16H26N2O6S/c1-6-18(7-2)15(22)11(17-14(21)10(3)4)9-25-16(23)12(19)8-13(20)24-5/h10-11H,6-9H2,1-5H3,(H,17,21). The molecule has 0 aromatic heterocycles. The third kappa shape index (κ3) is 8.15. The highest BCUT2D eigenvalue weighted by molar-refractivity contribution is 8.15. The van der Waals surface area contributed by atoms with Gasteiger partial charge in [-0.2, -0.15) is 0 Å². The van der Waals surface area contributed by atoms with Crippen LogP contribution in [0.1, 0.15) is 34.1 Å². The monoisotopic (exact) mass is 374 g/mol. The number of rotatable bonds is 10. The smallest absolute Gasteiger partial charge is 0.313 e. The maximum Gasteiger partial charge on any atom is 0.313 e. The van der Waals surface area contributed by atoms with Gasteiger partial charge in [-0.3, -0.25) is 24.0 Å². The van der Waals surface area contributed by atoms with Gasteiger partial charge >= 0.3 is 5.97 Å². The minimum atomic E-state index is -0.922. The molecule has 9 heteroatoms. The topological polar surface area (TPSA) is 110 Å². The second-order valence-corrected chi connectivity index (χ2v) is 6.49. The number of ketones is 1. The van der Waals surface area contributed by atoms with Gasteiger partial charge in [0.25, 0.3) is 5.12 Å². The number of carbonyl (C=O) groups excluding carboxylic acids is 5. The summed E-state index contributed by atoms with van der Waals surface area (Å²) < 4.78 is 4.34. The zero-order valence-electron chi connectivity index (χ0n) is 15.3. The number of esters is 1. The van der Waals surface area contributed by atoms with E-state index in [2.05, 4.69) is 10.1 Å². The molecule has 0 fully saturated rings. The van der Waals surface area contributed by atoms with Crippen LogP contribution in [0.25, 0.3) is 0 Å². The number of methoxy groups -OCH3 is 1. The number of carbonyl (C=O) groups is 5. The average Bonchev–Trinajstić information content (AvgIpc) is 2.58. The Bertz CT molecular complexity index is 517. The summed E-state index contributed by atoms with van der Waals surface area (Å²) in [6, 6.07) is -0.922. The van der Waals surface area contributed by atoms with E-state index in [0.29, 0.717) is 24.9 Å². The zero-order chi connectivity index (χ0) is 19.6. The minimum Gasteiger partial charge on any atom is -0.469 e. The first-order valence-electron chi connectivity index (χ1n) is 8.03. The van der Waals surface area contributed by atoms with Gasteiger partial charge in [0.05, 0.1) is 7.11 Å². The molecule has 0 aliphatic rings. The molecule has 0 aliphatic heterocycles. The summed E-state index contributed by atoms with van der Waals surface area (Å²) in [5.74, 6) is -2.75. The molecule has 1 unspecified atom stereocenters. The molecular formula is C16H26N2O6S. The van der Waals surface area contributed by atoms with Crippen molar-refractivity contribution in [2.45, 2.75) is 40.2 Å². The summed E-state index contributed by atoms with van der Waals surface area (Å²) in [5, 5.41) is 1.76. The van der Waals surface area contributed by atoms with Crippen molar-refractivity contribution in [2.24, 2.45) is 5.92 Å². The van der Waals surface area contributed by atoms with Crippen LogP contribution in [0.2, 0.25) is 0 Å². The maximum atomic E-state index is 12.5. The summed E-state index contributed by atoms with van der Waals surface area (Å²) in [5.41, 5.74) is 0. The summed E-state index contributed by atoms with van der Waals surface area (Å²) in [4.78, 5) is 60.4. The lowest BCUT2D eigenvalue weighted by atomic mass is 10.2. The highest BCUT2D eigenvalue weighted by atomic mass is 32.2. The molecule has 0 aliphatic carbocycles. The Morgan fingerprint density at radius 1 is 1.08 bits per heavy atom. The summed E-state index contributed by atoms with van der Waals surface area (Å²) in [7, 11) is 1.12. The van der Waals surface area contributed by atoms with Crippen molar-refractivity contribution < 1.29 is 28.7 Å². The molecule has 0 saturated heterocycles. The third-order valence-electron chi connectivity index (χ3n) is 3.36. The molecule has 142 valence electrons. The van der Waals surface area contributed by atoms with Crippen LogP contribution in [0.5, 0.6) is 0 Å². The fraction of sp³-hybridized carbons (Fsp3) is 0.688. The van der Waals surface area contributed by atoms with Crippen LogP contribution in [0.15, 0.2) is 0 Å². The van der Waals surface area contributed by atoms with Gasteiger partial charge in [0.2, 0.25) is 17.6 Å². The van der Waals surface area contributed by atoms with Crippen LogP contribution in [0.4, 0.5) is 0 Å². The van der Waals surface area contributed by atoms with Crippen molar-refractivity contribution >= 4 is 40.4 Å². The number of hydrogen-bond acceptors (Lipinski definition) is 7. The number of ether oxygens (including phenoxy) is 1. The van der Waals surface area contributed by atoms with Gasteiger partial charge in [0.15, 0.2) is 0 Å². The van der Waals surface area contributed by atoms with Crippen LogP contribution in [-0.4, -0.2) is 65.6 Å². The number of hydrogen-bond donors (Lipinski definition) is 1. The third-order valence-corrected chi connectivity index (χ3v) is 4.35. The average molecular weight is 374 g/mol. The maximum absolute atomic E-state index is 12.5. The Morgan fingerprint density at radius 2 is 1.64 bits per heavy atom. The SMILES string of the molecule is CCN(CC)C(=O)C(CSC(=O)C(=O)CC(=O)OC)NC(=O)C(C)C. The van der Waals surface area contributed by atoms with E-state index in [1.54, 1.807) is 27.7 Å². The van der Waals surface area contributed by atoms with Crippen molar-refractivity contribution in [2.75, 3.05) is 26.0 Å². The minimum absolute atomic E-state index is 0.0838. The van der Waals surface area contributed by atoms with Crippen molar-refractivity contribution in [3.8, 4) is 0 Å². The predicted octanol–water partition coefficient (Wildman–Crippen LogP) is 0.388. The Balaban J connectivity index is 4.96. The quantitative estimate of drug-likeness (QED) is 0.334. The number of thioether (sulfide) groups is 1. The van der Waals surface area contributed by atoms with E-state index in [4.69, 9.17) is 0 Å². The molecule has 0 aromatic carbocycles. The summed E-state index contributed by atoms with van der Waals surface area (Å²) in [6.07, 6.45) is -0.644. The molecule has 1 atom stereocenters. The highest BCUT2D eigenvalue weighted by Crippen LogP contribution is 2.10. The van der Waals surface area contributed by atoms with E-state index < -0.39 is 29.3 Å². The van der Waals surface area contributed by atoms with E-state index >= 15 is 0 Å². The molecule has 0 aromatic rings. The molecular weight excluding hydrogens is 348 g/mol. The van der Waals surface area contributed by atoms with Gasteiger partial charge in [0.1, 0.15) is 12.5 Å². The first-order chi connectivity index (χ1) is 11.7. The fourth-order valence-electron chi connectivity index (χ4n) is 1.78. The normalized spacial score (nSPS) is 11.6. The van der Waals surface area contributed by atoms with E-state index in [0.717, 1.165) is 7.11 Å². The van der Waals surface area contributed by atoms with Crippen molar-refractivity contribution in [3.05, 3.63) is 0 Å². The lowest BCUT2D eigenvalue weighted by molar-refractivity contribution is -0.145. The number of nitrogens with zero attached hydrogens (tertiary/aromatic N) is 1. The molecule has 0 radical (unpaired) electrons. The first kappa shape index (κ1) is 23.1. The predicted molar refractivity (Wildman–Crippen MR) is 93.8 cm³/mol. The van der Waals surface area contributed by atoms with Gasteiger partial charge in [-0.1, -0.05) is 25.6 Å². The van der Waals surface area contributed by atoms with Crippen molar-refractivity contribution in [1.82, 2.24) is 10.2 Å². The van der Waals surface area contributed by atoms with Gasteiger partial charge in [-0.25, -0.2) is 0 Å². The van der Waals surface area contributed by atoms with Crippen molar-refractivity contribution in [3.63, 3.8) is 0 Å². The van der Waals surface area contributed by atoms with Gasteiger partial charge in [0, 0.05) is 24.8 Å². The van der Waals surface area contributed by atoms with Crippen LogP contribution in [0.3, 0.4) is 0 Å². The first-order valence-corrected chi connectivity index (χ1v) is 9.02. The molecule has 0 saturated carbocycles. The number of likely N-dealkylation sites (N-methyl/N-ethyl adjacent to an activating group) is 1. The molecule has 25 heavy (non-hydrogen) atoms. The van der Waals surface area contributed by atoms with Crippen LogP contribution in [0, 0.1) is 5.92 Å². The summed E-state index contributed by atoms with van der Waals surface area (Å²) >= 11 is 0.607. The van der Waals surface area contributed by atoms with E-state index in [9.17, 15) is 24.0 Å². The van der Waals surface area contributed by atoms with Gasteiger partial charge in [-0.15, -0.1) is 0 Å². The lowest BCUT2D eigenvalue weighted by Gasteiger charge is -2.26. The number of amides is 2. The largest absolute Gasteiger partial charge is 0.469 e. The number of nitrogens with one attached hydrogen (secondary N) is 1. The molecule has 8 nitrogen and oxygen atoms in total. The Hall–Kier alpha value is -1.90. The molecule has 1 N–H and O–H groups in total. The second-order valence-electron chi connectivity index (χ2n) is 5.50. The van der Waals surface area contributed by atoms with Crippen LogP contribution in [-0.2, 0) is 28.7 Å². The molecule has 0 rings (SSSR count). The van der Waals surface area contributed by atoms with E-state index in [1.807, 2.05) is 0 Å². The van der Waals surface area contributed by atoms with Crippen LogP contribution < -0.4 is 5.32 Å². The van der Waals surface area contributed by atoms with Crippen LogP contribution >= 0.6 is 11.8 Å². The number of Topliss-reactive ketones (excluding diaryl/α,β-unsaturated/α-hetero) is 1. The highest BCUT2D eigenvalue weighted by Gasteiger charge is 2.28. The Kier molecular flexibility index (Phi) is 10.7. The van der Waals surface area contributed by atoms with Crippen molar-refractivity contribution in [1.29, 1.82) is 0 Å². The lowest BCUT2D eigenvalue weighted by Crippen LogP contribution is -2.51. The molecule has 0 spiro atoms. The zero-order valence-corrected chi connectivity index (χ0v) is 16.1. The van der Waals surface area contributed by atoms with E-state index in [-0.39, 0.29) is 23.5 Å². The fourth-order valence-corrected chi connectivity index (χ4v) is 2.56.